The van der Waals surface area contributed by atoms with Crippen LogP contribution in [0.1, 0.15) is 25.5 Å². The molecule has 1 aromatic carbocycles. The zero-order chi connectivity index (χ0) is 11.6. The minimum Gasteiger partial charge on any atom is -0.391 e. The fourth-order valence-corrected chi connectivity index (χ4v) is 1.70. The molecule has 84 valence electrons. The molecule has 0 amide bonds. The quantitative estimate of drug-likeness (QED) is 0.840. The fraction of sp³-hybridized carbons (Fsp3) is 0.455. The van der Waals surface area contributed by atoms with Gasteiger partial charge in [-0.3, -0.25) is 0 Å². The average molecular weight is 232 g/mol. The molecule has 0 saturated carbocycles. The molecule has 0 heterocycles. The van der Waals surface area contributed by atoms with E-state index in [4.69, 9.17) is 17.3 Å². The van der Waals surface area contributed by atoms with E-state index in [-0.39, 0.29) is 16.5 Å². The summed E-state index contributed by atoms with van der Waals surface area (Å²) in [6.45, 7) is 3.64. The smallest absolute Gasteiger partial charge is 0.129 e. The molecule has 0 radical (unpaired) electrons. The van der Waals surface area contributed by atoms with E-state index in [1.54, 1.807) is 6.07 Å². The van der Waals surface area contributed by atoms with E-state index in [0.29, 0.717) is 0 Å². The molecule has 0 aliphatic heterocycles. The van der Waals surface area contributed by atoms with E-state index in [2.05, 4.69) is 0 Å². The maximum Gasteiger partial charge on any atom is 0.129 e. The van der Waals surface area contributed by atoms with Gasteiger partial charge >= 0.3 is 0 Å². The number of aliphatic hydroxyl groups is 1. The molecule has 1 aromatic rings. The summed E-state index contributed by atoms with van der Waals surface area (Å²) in [6, 6.07) is 3.56. The van der Waals surface area contributed by atoms with Gasteiger partial charge in [0, 0.05) is 10.6 Å². The van der Waals surface area contributed by atoms with Crippen LogP contribution >= 0.6 is 11.6 Å². The normalized spacial score (nSPS) is 15.4. The Bertz CT molecular complexity index is 323. The van der Waals surface area contributed by atoms with Crippen LogP contribution in [0.25, 0.3) is 0 Å². The minimum absolute atomic E-state index is 0.0457. The molecular weight excluding hydrogens is 217 g/mol. The van der Waals surface area contributed by atoms with Gasteiger partial charge in [-0.2, -0.15) is 0 Å². The third-order valence-corrected chi connectivity index (χ3v) is 2.71. The summed E-state index contributed by atoms with van der Waals surface area (Å²) < 4.78 is 13.4. The number of rotatable bonds is 3. The molecule has 0 saturated heterocycles. The number of aliphatic hydroxyl groups excluding tert-OH is 1. The molecule has 0 aliphatic carbocycles. The van der Waals surface area contributed by atoms with Crippen molar-refractivity contribution in [2.24, 2.45) is 11.7 Å². The number of hydrogen-bond donors (Lipinski definition) is 2. The minimum atomic E-state index is -0.806. The van der Waals surface area contributed by atoms with E-state index in [9.17, 15) is 9.50 Å². The van der Waals surface area contributed by atoms with Crippen LogP contribution in [0.4, 0.5) is 4.39 Å². The third kappa shape index (κ3) is 2.68. The molecule has 15 heavy (non-hydrogen) atoms. The zero-order valence-electron chi connectivity index (χ0n) is 8.74. The van der Waals surface area contributed by atoms with Crippen molar-refractivity contribution in [3.8, 4) is 0 Å². The number of benzene rings is 1. The first-order valence-corrected chi connectivity index (χ1v) is 5.20. The standard InChI is InChI=1S/C11H15ClFNO/c1-6(2)11(15)10(14)9-7(12)4-3-5-8(9)13/h3-6,10-11,15H,14H2,1-2H3/t10-,11+/m0/s1. The second-order valence-corrected chi connectivity index (χ2v) is 4.30. The molecule has 4 heteroatoms. The van der Waals surface area contributed by atoms with Crippen LogP contribution in [0, 0.1) is 11.7 Å². The maximum absolute atomic E-state index is 13.4. The average Bonchev–Trinajstić information content (AvgIpc) is 2.15. The van der Waals surface area contributed by atoms with Gasteiger partial charge in [0.2, 0.25) is 0 Å². The van der Waals surface area contributed by atoms with Crippen LogP contribution in [0.3, 0.4) is 0 Å². The highest BCUT2D eigenvalue weighted by Gasteiger charge is 2.24. The Kier molecular flexibility index (Phi) is 4.08. The van der Waals surface area contributed by atoms with Crippen molar-refractivity contribution in [2.75, 3.05) is 0 Å². The van der Waals surface area contributed by atoms with E-state index in [0.717, 1.165) is 0 Å². The van der Waals surface area contributed by atoms with Gasteiger partial charge in [0.15, 0.2) is 0 Å². The Morgan fingerprint density at radius 2 is 2.00 bits per heavy atom. The monoisotopic (exact) mass is 231 g/mol. The molecular formula is C11H15ClFNO. The van der Waals surface area contributed by atoms with Crippen LogP contribution in [0.2, 0.25) is 5.02 Å². The molecule has 3 N–H and O–H groups in total. The van der Waals surface area contributed by atoms with Gasteiger partial charge in [0.25, 0.3) is 0 Å². The van der Waals surface area contributed by atoms with Gasteiger partial charge in [0.1, 0.15) is 5.82 Å². The predicted molar refractivity (Wildman–Crippen MR) is 59.2 cm³/mol. The van der Waals surface area contributed by atoms with Crippen LogP contribution in [-0.4, -0.2) is 11.2 Å². The van der Waals surface area contributed by atoms with Gasteiger partial charge in [-0.05, 0) is 18.1 Å². The number of halogens is 2. The summed E-state index contributed by atoms with van der Waals surface area (Å²) in [7, 11) is 0. The molecule has 0 fully saturated rings. The van der Waals surface area contributed by atoms with Crippen molar-refractivity contribution in [1.82, 2.24) is 0 Å². The molecule has 0 aromatic heterocycles. The lowest BCUT2D eigenvalue weighted by Crippen LogP contribution is -2.31. The van der Waals surface area contributed by atoms with Crippen molar-refractivity contribution >= 4 is 11.6 Å². The molecule has 0 aliphatic rings. The predicted octanol–water partition coefficient (Wildman–Crippen LogP) is 2.50. The summed E-state index contributed by atoms with van der Waals surface area (Å²) in [5.74, 6) is -0.523. The molecule has 0 bridgehead atoms. The highest BCUT2D eigenvalue weighted by molar-refractivity contribution is 6.31. The van der Waals surface area contributed by atoms with Gasteiger partial charge in [-0.1, -0.05) is 31.5 Å². The van der Waals surface area contributed by atoms with Crippen molar-refractivity contribution in [3.63, 3.8) is 0 Å². The lowest BCUT2D eigenvalue weighted by atomic mass is 9.94. The Balaban J connectivity index is 3.05. The molecule has 2 atom stereocenters. The van der Waals surface area contributed by atoms with E-state index in [1.165, 1.54) is 12.1 Å². The van der Waals surface area contributed by atoms with Crippen molar-refractivity contribution in [1.29, 1.82) is 0 Å². The Hall–Kier alpha value is -0.640. The Morgan fingerprint density at radius 3 is 2.47 bits per heavy atom. The topological polar surface area (TPSA) is 46.2 Å². The van der Waals surface area contributed by atoms with Gasteiger partial charge < -0.3 is 10.8 Å². The second kappa shape index (κ2) is 4.92. The van der Waals surface area contributed by atoms with Crippen molar-refractivity contribution in [3.05, 3.63) is 34.6 Å². The summed E-state index contributed by atoms with van der Waals surface area (Å²) in [4.78, 5) is 0. The summed E-state index contributed by atoms with van der Waals surface area (Å²) in [5.41, 5.74) is 5.95. The first-order valence-electron chi connectivity index (χ1n) is 4.82. The first kappa shape index (κ1) is 12.4. The van der Waals surface area contributed by atoms with Crippen LogP contribution in [-0.2, 0) is 0 Å². The lowest BCUT2D eigenvalue weighted by molar-refractivity contribution is 0.0967. The highest BCUT2D eigenvalue weighted by Crippen LogP contribution is 2.28. The number of hydrogen-bond acceptors (Lipinski definition) is 2. The first-order chi connectivity index (χ1) is 6.95. The van der Waals surface area contributed by atoms with Crippen molar-refractivity contribution in [2.45, 2.75) is 26.0 Å². The van der Waals surface area contributed by atoms with Gasteiger partial charge in [-0.25, -0.2) is 4.39 Å². The molecule has 0 unspecified atom stereocenters. The van der Waals surface area contributed by atoms with Gasteiger partial charge in [0.05, 0.1) is 12.1 Å². The Morgan fingerprint density at radius 1 is 1.40 bits per heavy atom. The van der Waals surface area contributed by atoms with E-state index in [1.807, 2.05) is 13.8 Å². The largest absolute Gasteiger partial charge is 0.391 e. The second-order valence-electron chi connectivity index (χ2n) is 3.90. The summed E-state index contributed by atoms with van der Waals surface area (Å²) >= 11 is 5.84. The van der Waals surface area contributed by atoms with E-state index >= 15 is 0 Å². The summed E-state index contributed by atoms with van der Waals surface area (Å²) in [5, 5.41) is 10.00. The van der Waals surface area contributed by atoms with Crippen LogP contribution < -0.4 is 5.73 Å². The third-order valence-electron chi connectivity index (χ3n) is 2.38. The number of nitrogens with two attached hydrogens (primary N) is 1. The molecule has 0 spiro atoms. The highest BCUT2D eigenvalue weighted by atomic mass is 35.5. The lowest BCUT2D eigenvalue weighted by Gasteiger charge is -2.23. The maximum atomic E-state index is 13.4. The molecule has 2 nitrogen and oxygen atoms in total. The molecule has 1 rings (SSSR count). The van der Waals surface area contributed by atoms with Gasteiger partial charge in [-0.15, -0.1) is 0 Å². The fourth-order valence-electron chi connectivity index (χ4n) is 1.41. The summed E-state index contributed by atoms with van der Waals surface area (Å²) in [6.07, 6.45) is -0.806. The zero-order valence-corrected chi connectivity index (χ0v) is 9.50. The Labute approximate surface area is 93.9 Å². The van der Waals surface area contributed by atoms with Crippen LogP contribution in [0.15, 0.2) is 18.2 Å². The van der Waals surface area contributed by atoms with E-state index < -0.39 is 18.0 Å². The SMILES string of the molecule is CC(C)[C@@H](O)[C@@H](N)c1c(F)cccc1Cl. The van der Waals surface area contributed by atoms with Crippen LogP contribution in [0.5, 0.6) is 0 Å². The van der Waals surface area contributed by atoms with Crippen molar-refractivity contribution < 1.29 is 9.50 Å².